The number of benzene rings is 1. The van der Waals surface area contributed by atoms with Gasteiger partial charge in [0, 0.05) is 44.0 Å². The second kappa shape index (κ2) is 11.9. The number of amides is 1. The number of aryl methyl sites for hydroxylation is 3. The van der Waals surface area contributed by atoms with E-state index >= 15 is 0 Å². The number of nitrogens with one attached hydrogen (secondary N) is 1. The first-order valence-electron chi connectivity index (χ1n) is 11.0. The maximum Gasteiger partial charge on any atom is 0.257 e. The first-order chi connectivity index (χ1) is 15.5. The predicted molar refractivity (Wildman–Crippen MR) is 119 cm³/mol. The van der Waals surface area contributed by atoms with Crippen LogP contribution in [0.3, 0.4) is 0 Å². The maximum absolute atomic E-state index is 13.2. The maximum atomic E-state index is 13.2. The molecule has 1 saturated heterocycles. The van der Waals surface area contributed by atoms with Crippen LogP contribution in [-0.4, -0.2) is 62.1 Å². The van der Waals surface area contributed by atoms with Crippen molar-refractivity contribution >= 4 is 11.7 Å². The third-order valence-electron chi connectivity index (χ3n) is 5.62. The van der Waals surface area contributed by atoms with Crippen LogP contribution in [0, 0.1) is 0 Å². The lowest BCUT2D eigenvalue weighted by Gasteiger charge is -2.28. The fraction of sp³-hybridized carbons (Fsp3) is 0.500. The molecule has 1 aliphatic rings. The number of alkyl halides is 3. The van der Waals surface area contributed by atoms with Crippen molar-refractivity contribution in [1.29, 1.82) is 0 Å². The van der Waals surface area contributed by atoms with Gasteiger partial charge in [0.2, 0.25) is 5.88 Å². The van der Waals surface area contributed by atoms with Gasteiger partial charge in [-0.3, -0.25) is 18.0 Å². The van der Waals surface area contributed by atoms with Crippen molar-refractivity contribution in [2.24, 2.45) is 0 Å². The Labute approximate surface area is 187 Å². The van der Waals surface area contributed by atoms with Gasteiger partial charge in [-0.2, -0.15) is 4.98 Å². The van der Waals surface area contributed by atoms with Gasteiger partial charge in [0.15, 0.2) is 0 Å². The van der Waals surface area contributed by atoms with Crippen molar-refractivity contribution in [3.8, 4) is 5.88 Å². The number of carbonyl (C=O) groups excluding carboxylic acids is 1. The summed E-state index contributed by atoms with van der Waals surface area (Å²) < 4.78 is 45.2. The molecule has 0 atom stereocenters. The van der Waals surface area contributed by atoms with Crippen LogP contribution in [0.15, 0.2) is 30.3 Å². The predicted octanol–water partition coefficient (Wildman–Crippen LogP) is 4.34. The second-order valence-electron chi connectivity index (χ2n) is 8.04. The molecule has 2 heterocycles. The number of rotatable bonds is 10. The summed E-state index contributed by atoms with van der Waals surface area (Å²) in [7, 11) is 2.07. The summed E-state index contributed by atoms with van der Waals surface area (Å²) in [5.74, 6) is 0.224. The summed E-state index contributed by atoms with van der Waals surface area (Å²) >= 11 is 0. The molecule has 1 aliphatic heterocycles. The Morgan fingerprint density at radius 3 is 2.28 bits per heavy atom. The van der Waals surface area contributed by atoms with Gasteiger partial charge in [0.25, 0.3) is 5.91 Å². The first kappa shape index (κ1) is 24.0. The van der Waals surface area contributed by atoms with E-state index in [-0.39, 0.29) is 30.9 Å². The number of halogens is 3. The lowest BCUT2D eigenvalue weighted by Crippen LogP contribution is -2.35. The van der Waals surface area contributed by atoms with E-state index in [2.05, 4.69) is 22.2 Å². The minimum atomic E-state index is -0.674. The Hall–Kier alpha value is -2.61. The molecule has 0 radical (unpaired) electrons. The lowest BCUT2D eigenvalue weighted by molar-refractivity contribution is 0.102. The van der Waals surface area contributed by atoms with Crippen LogP contribution >= 0.6 is 0 Å². The zero-order chi connectivity index (χ0) is 22.9. The van der Waals surface area contributed by atoms with E-state index < -0.39 is 25.9 Å². The normalized spacial score (nSPS) is 15.0. The minimum absolute atomic E-state index is 0.00509. The Balaban J connectivity index is 1.80. The molecule has 0 bridgehead atoms. The molecular formula is C24H30F3N3O2. The fourth-order valence-corrected chi connectivity index (χ4v) is 3.99. The topological polar surface area (TPSA) is 54.5 Å². The number of piperidine rings is 1. The largest absolute Gasteiger partial charge is 0.474 e. The Morgan fingerprint density at radius 2 is 1.69 bits per heavy atom. The zero-order valence-corrected chi connectivity index (χ0v) is 18.4. The summed E-state index contributed by atoms with van der Waals surface area (Å²) in [4.78, 5) is 19.7. The number of hydrogen-bond acceptors (Lipinski definition) is 4. The van der Waals surface area contributed by atoms with Crippen LogP contribution in [0.25, 0.3) is 0 Å². The quantitative estimate of drug-likeness (QED) is 0.586. The molecule has 2 aromatic rings. The summed E-state index contributed by atoms with van der Waals surface area (Å²) in [5.41, 5.74) is 1.74. The molecule has 1 amide bonds. The molecule has 174 valence electrons. The van der Waals surface area contributed by atoms with E-state index in [1.807, 2.05) is 0 Å². The van der Waals surface area contributed by atoms with E-state index in [1.165, 1.54) is 0 Å². The first-order valence-corrected chi connectivity index (χ1v) is 11.0. The SMILES string of the molecule is CN1CCC(Oc2cccc(NC(=O)c3c(CCF)cc(CCF)cc3CCF)n2)CC1. The highest BCUT2D eigenvalue weighted by Gasteiger charge is 2.20. The molecule has 3 rings (SSSR count). The highest BCUT2D eigenvalue weighted by atomic mass is 19.1. The molecule has 0 aliphatic carbocycles. The van der Waals surface area contributed by atoms with Gasteiger partial charge in [0.05, 0.1) is 20.0 Å². The van der Waals surface area contributed by atoms with E-state index in [0.717, 1.165) is 25.9 Å². The fourth-order valence-electron chi connectivity index (χ4n) is 3.99. The average molecular weight is 450 g/mol. The molecule has 32 heavy (non-hydrogen) atoms. The van der Waals surface area contributed by atoms with E-state index in [4.69, 9.17) is 4.74 Å². The van der Waals surface area contributed by atoms with Crippen molar-refractivity contribution in [1.82, 2.24) is 9.88 Å². The average Bonchev–Trinajstić information content (AvgIpc) is 2.76. The molecule has 0 unspecified atom stereocenters. The number of likely N-dealkylation sites (tertiary alicyclic amines) is 1. The summed E-state index contributed by atoms with van der Waals surface area (Å²) in [6.07, 6.45) is 2.00. The summed E-state index contributed by atoms with van der Waals surface area (Å²) in [5, 5.41) is 2.73. The highest BCUT2D eigenvalue weighted by Crippen LogP contribution is 2.23. The number of pyridine rings is 1. The summed E-state index contributed by atoms with van der Waals surface area (Å²) in [6, 6.07) is 8.37. The second-order valence-corrected chi connectivity index (χ2v) is 8.04. The standard InChI is InChI=1S/C24H30F3N3O2/c1-30-13-8-20(9-14-30)32-22-4-2-3-21(28-22)29-24(31)23-18(6-11-26)15-17(5-10-25)16-19(23)7-12-27/h2-4,15-16,20H,5-14H2,1H3,(H,28,29,31). The molecule has 8 heteroatoms. The van der Waals surface area contributed by atoms with Gasteiger partial charge in [-0.1, -0.05) is 18.2 Å². The number of anilines is 1. The van der Waals surface area contributed by atoms with Crippen LogP contribution in [0.4, 0.5) is 19.0 Å². The van der Waals surface area contributed by atoms with Gasteiger partial charge in [-0.15, -0.1) is 0 Å². The van der Waals surface area contributed by atoms with Gasteiger partial charge < -0.3 is 15.0 Å². The van der Waals surface area contributed by atoms with Crippen molar-refractivity contribution in [2.45, 2.75) is 38.2 Å². The molecule has 1 aromatic carbocycles. The van der Waals surface area contributed by atoms with Crippen LogP contribution in [0.2, 0.25) is 0 Å². The molecule has 1 fully saturated rings. The number of carbonyl (C=O) groups is 1. The van der Waals surface area contributed by atoms with Crippen LogP contribution in [0.5, 0.6) is 5.88 Å². The number of ether oxygens (including phenoxy) is 1. The molecule has 1 N–H and O–H groups in total. The Morgan fingerprint density at radius 1 is 1.06 bits per heavy atom. The van der Waals surface area contributed by atoms with Gasteiger partial charge >= 0.3 is 0 Å². The summed E-state index contributed by atoms with van der Waals surface area (Å²) in [6.45, 7) is -0.0226. The van der Waals surface area contributed by atoms with Gasteiger partial charge in [-0.25, -0.2) is 0 Å². The van der Waals surface area contributed by atoms with E-state index in [9.17, 15) is 18.0 Å². The molecule has 5 nitrogen and oxygen atoms in total. The molecule has 1 aromatic heterocycles. The van der Waals surface area contributed by atoms with Crippen molar-refractivity contribution < 1.29 is 22.7 Å². The van der Waals surface area contributed by atoms with E-state index in [1.54, 1.807) is 30.3 Å². The number of nitrogens with zero attached hydrogens (tertiary/aromatic N) is 2. The van der Waals surface area contributed by atoms with Crippen molar-refractivity contribution in [3.05, 3.63) is 52.6 Å². The molecular weight excluding hydrogens is 419 g/mol. The third-order valence-corrected chi connectivity index (χ3v) is 5.62. The molecule has 0 spiro atoms. The zero-order valence-electron chi connectivity index (χ0n) is 18.4. The van der Waals surface area contributed by atoms with E-state index in [0.29, 0.717) is 28.4 Å². The highest BCUT2D eigenvalue weighted by molar-refractivity contribution is 6.06. The molecule has 0 saturated carbocycles. The lowest BCUT2D eigenvalue weighted by atomic mass is 9.92. The van der Waals surface area contributed by atoms with Crippen molar-refractivity contribution in [2.75, 3.05) is 45.5 Å². The third kappa shape index (κ3) is 6.45. The monoisotopic (exact) mass is 449 g/mol. The Kier molecular flexibility index (Phi) is 8.90. The number of hydrogen-bond donors (Lipinski definition) is 1. The van der Waals surface area contributed by atoms with Crippen LogP contribution in [0.1, 0.15) is 39.9 Å². The van der Waals surface area contributed by atoms with Crippen molar-refractivity contribution in [3.63, 3.8) is 0 Å². The minimum Gasteiger partial charge on any atom is -0.474 e. The number of aromatic nitrogens is 1. The van der Waals surface area contributed by atoms with Gasteiger partial charge in [-0.05, 0) is 42.6 Å². The van der Waals surface area contributed by atoms with Crippen LogP contribution in [-0.2, 0) is 19.3 Å². The van der Waals surface area contributed by atoms with Crippen LogP contribution < -0.4 is 10.1 Å². The smallest absolute Gasteiger partial charge is 0.257 e. The Bertz CT molecular complexity index is 875. The van der Waals surface area contributed by atoms with Gasteiger partial charge in [0.1, 0.15) is 11.9 Å².